The van der Waals surface area contributed by atoms with Crippen LogP contribution in [0.2, 0.25) is 0 Å². The summed E-state index contributed by atoms with van der Waals surface area (Å²) in [6.07, 6.45) is 0. The number of ether oxygens (including phenoxy) is 3. The molecule has 0 spiro atoms. The molecule has 0 fully saturated rings. The lowest BCUT2D eigenvalue weighted by atomic mass is 10.2. The fourth-order valence-electron chi connectivity index (χ4n) is 2.44. The van der Waals surface area contributed by atoms with Gasteiger partial charge in [-0.2, -0.15) is 8.78 Å². The van der Waals surface area contributed by atoms with Crippen LogP contribution >= 0.6 is 11.8 Å². The molecule has 2 aromatic rings. The predicted octanol–water partition coefficient (Wildman–Crippen LogP) is 3.70. The summed E-state index contributed by atoms with van der Waals surface area (Å²) in [6, 6.07) is 9.19. The monoisotopic (exact) mass is 395 g/mol. The highest BCUT2D eigenvalue weighted by molar-refractivity contribution is 8.00. The molecule has 1 amide bonds. The molecule has 0 unspecified atom stereocenters. The number of methoxy groups -OCH3 is 1. The van der Waals surface area contributed by atoms with E-state index in [1.54, 1.807) is 18.2 Å². The zero-order valence-electron chi connectivity index (χ0n) is 14.2. The smallest absolute Gasteiger partial charge is 0.387 e. The van der Waals surface area contributed by atoms with Gasteiger partial charge >= 0.3 is 12.6 Å². The van der Waals surface area contributed by atoms with Gasteiger partial charge in [-0.25, -0.2) is 4.79 Å². The number of nitrogens with one attached hydrogen (secondary N) is 1. The number of amides is 1. The van der Waals surface area contributed by atoms with Crippen LogP contribution in [0, 0.1) is 0 Å². The van der Waals surface area contributed by atoms with Gasteiger partial charge in [0.2, 0.25) is 5.91 Å². The van der Waals surface area contributed by atoms with Gasteiger partial charge in [0.05, 0.1) is 24.1 Å². The van der Waals surface area contributed by atoms with E-state index in [0.29, 0.717) is 22.6 Å². The second kappa shape index (κ2) is 8.26. The molecule has 0 saturated carbocycles. The summed E-state index contributed by atoms with van der Waals surface area (Å²) in [6.45, 7) is -3.05. The number of rotatable bonds is 6. The van der Waals surface area contributed by atoms with Gasteiger partial charge in [0, 0.05) is 4.90 Å². The van der Waals surface area contributed by atoms with E-state index in [-0.39, 0.29) is 24.0 Å². The maximum atomic E-state index is 12.3. The normalized spacial score (nSPS) is 13.0. The number of hydrogen-bond acceptors (Lipinski definition) is 6. The largest absolute Gasteiger partial charge is 0.493 e. The fourth-order valence-corrected chi connectivity index (χ4v) is 3.23. The Morgan fingerprint density at radius 2 is 2.04 bits per heavy atom. The first-order chi connectivity index (χ1) is 13.0. The van der Waals surface area contributed by atoms with Gasteiger partial charge in [0.15, 0.2) is 11.5 Å². The minimum absolute atomic E-state index is 0.0810. The number of halogens is 2. The van der Waals surface area contributed by atoms with Gasteiger partial charge in [-0.3, -0.25) is 4.79 Å². The lowest BCUT2D eigenvalue weighted by Crippen LogP contribution is -2.19. The topological polar surface area (TPSA) is 73.9 Å². The van der Waals surface area contributed by atoms with Crippen LogP contribution in [0.4, 0.5) is 14.5 Å². The molecule has 1 N–H and O–H groups in total. The van der Waals surface area contributed by atoms with E-state index in [4.69, 9.17) is 9.47 Å². The third-order valence-corrected chi connectivity index (χ3v) is 4.74. The van der Waals surface area contributed by atoms with Crippen LogP contribution in [-0.4, -0.2) is 31.4 Å². The Morgan fingerprint density at radius 1 is 1.22 bits per heavy atom. The van der Waals surface area contributed by atoms with Crippen molar-refractivity contribution in [1.82, 2.24) is 0 Å². The first-order valence-corrected chi connectivity index (χ1v) is 8.80. The van der Waals surface area contributed by atoms with Gasteiger partial charge in [-0.05, 0) is 35.9 Å². The van der Waals surface area contributed by atoms with E-state index in [0.717, 1.165) is 4.90 Å². The lowest BCUT2D eigenvalue weighted by molar-refractivity contribution is -0.113. The van der Waals surface area contributed by atoms with E-state index in [1.165, 1.54) is 37.1 Å². The summed E-state index contributed by atoms with van der Waals surface area (Å²) in [5.74, 6) is -0.363. The number of hydrogen-bond donors (Lipinski definition) is 1. The highest BCUT2D eigenvalue weighted by Crippen LogP contribution is 2.32. The molecule has 1 aliphatic heterocycles. The Bertz CT molecular complexity index is 875. The average Bonchev–Trinajstić information content (AvgIpc) is 2.65. The van der Waals surface area contributed by atoms with Crippen molar-refractivity contribution in [2.45, 2.75) is 18.1 Å². The van der Waals surface area contributed by atoms with Crippen LogP contribution in [0.3, 0.4) is 0 Å². The van der Waals surface area contributed by atoms with Gasteiger partial charge < -0.3 is 19.5 Å². The van der Waals surface area contributed by atoms with Crippen LogP contribution in [-0.2, 0) is 16.1 Å². The number of fused-ring (bicyclic) bond motifs is 1. The number of carbonyl (C=O) groups excluding carboxylic acids is 2. The summed E-state index contributed by atoms with van der Waals surface area (Å²) in [7, 11) is 1.32. The van der Waals surface area contributed by atoms with Crippen molar-refractivity contribution in [2.75, 3.05) is 18.2 Å². The SMILES string of the molecule is COc1cc(COC(=O)c2ccc3c(c2)NC(=O)CS3)ccc1OC(F)F. The van der Waals surface area contributed by atoms with Crippen molar-refractivity contribution in [3.8, 4) is 11.5 Å². The highest BCUT2D eigenvalue weighted by Gasteiger charge is 2.18. The zero-order valence-corrected chi connectivity index (χ0v) is 15.0. The molecular formula is C18H15F2NO5S. The quantitative estimate of drug-likeness (QED) is 0.752. The number of benzene rings is 2. The molecule has 0 bridgehead atoms. The Labute approximate surface area is 157 Å². The van der Waals surface area contributed by atoms with Crippen molar-refractivity contribution in [3.05, 3.63) is 47.5 Å². The Kier molecular flexibility index (Phi) is 5.80. The standard InChI is InChI=1S/C18H15F2NO5S/c1-24-14-6-10(2-4-13(14)26-18(19)20)8-25-17(23)11-3-5-15-12(7-11)21-16(22)9-27-15/h2-7,18H,8-9H2,1H3,(H,21,22). The van der Waals surface area contributed by atoms with Crippen molar-refractivity contribution in [3.63, 3.8) is 0 Å². The van der Waals surface area contributed by atoms with E-state index in [2.05, 4.69) is 10.1 Å². The van der Waals surface area contributed by atoms with Crippen molar-refractivity contribution in [1.29, 1.82) is 0 Å². The molecule has 2 aromatic carbocycles. The zero-order chi connectivity index (χ0) is 19.4. The molecule has 0 aromatic heterocycles. The van der Waals surface area contributed by atoms with Crippen LogP contribution in [0.15, 0.2) is 41.3 Å². The van der Waals surface area contributed by atoms with E-state index in [9.17, 15) is 18.4 Å². The van der Waals surface area contributed by atoms with Crippen LogP contribution in [0.25, 0.3) is 0 Å². The number of thioether (sulfide) groups is 1. The molecule has 1 aliphatic rings. The van der Waals surface area contributed by atoms with Crippen LogP contribution in [0.5, 0.6) is 11.5 Å². The van der Waals surface area contributed by atoms with Crippen molar-refractivity contribution in [2.24, 2.45) is 0 Å². The Morgan fingerprint density at radius 3 is 2.78 bits per heavy atom. The maximum absolute atomic E-state index is 12.3. The number of alkyl halides is 2. The van der Waals surface area contributed by atoms with E-state index < -0.39 is 12.6 Å². The first-order valence-electron chi connectivity index (χ1n) is 7.82. The van der Waals surface area contributed by atoms with Crippen molar-refractivity contribution < 1.29 is 32.6 Å². The summed E-state index contributed by atoms with van der Waals surface area (Å²) in [5.41, 5.74) is 1.41. The van der Waals surface area contributed by atoms with Crippen LogP contribution in [0.1, 0.15) is 15.9 Å². The molecule has 0 radical (unpaired) electrons. The Hall–Kier alpha value is -2.81. The number of anilines is 1. The van der Waals surface area contributed by atoms with Crippen molar-refractivity contribution >= 4 is 29.3 Å². The first kappa shape index (κ1) is 19.0. The predicted molar refractivity (Wildman–Crippen MR) is 94.5 cm³/mol. The van der Waals surface area contributed by atoms with E-state index in [1.807, 2.05) is 0 Å². The summed E-state index contributed by atoms with van der Waals surface area (Å²) >= 11 is 1.39. The molecule has 6 nitrogen and oxygen atoms in total. The molecule has 3 rings (SSSR count). The molecule has 0 aliphatic carbocycles. The summed E-state index contributed by atoms with van der Waals surface area (Å²) in [4.78, 5) is 24.6. The third-order valence-electron chi connectivity index (χ3n) is 3.66. The van der Waals surface area contributed by atoms with Gasteiger partial charge in [0.25, 0.3) is 0 Å². The van der Waals surface area contributed by atoms with Crippen LogP contribution < -0.4 is 14.8 Å². The molecule has 0 saturated heterocycles. The van der Waals surface area contributed by atoms with Gasteiger partial charge in [-0.15, -0.1) is 11.8 Å². The molecule has 0 atom stereocenters. The number of esters is 1. The highest BCUT2D eigenvalue weighted by atomic mass is 32.2. The lowest BCUT2D eigenvalue weighted by Gasteiger charge is -2.16. The Balaban J connectivity index is 1.67. The minimum atomic E-state index is -2.97. The van der Waals surface area contributed by atoms with Gasteiger partial charge in [-0.1, -0.05) is 6.07 Å². The minimum Gasteiger partial charge on any atom is -0.493 e. The second-order valence-electron chi connectivity index (χ2n) is 5.49. The average molecular weight is 395 g/mol. The maximum Gasteiger partial charge on any atom is 0.387 e. The third kappa shape index (κ3) is 4.68. The summed E-state index contributed by atoms with van der Waals surface area (Å²) < 4.78 is 39.3. The molecule has 142 valence electrons. The molecular weight excluding hydrogens is 380 g/mol. The molecule has 1 heterocycles. The second-order valence-corrected chi connectivity index (χ2v) is 6.50. The fraction of sp³-hybridized carbons (Fsp3) is 0.222. The molecule has 27 heavy (non-hydrogen) atoms. The van der Waals surface area contributed by atoms with E-state index >= 15 is 0 Å². The molecule has 9 heteroatoms. The van der Waals surface area contributed by atoms with Gasteiger partial charge in [0.1, 0.15) is 6.61 Å². The number of carbonyl (C=O) groups is 2. The summed E-state index contributed by atoms with van der Waals surface area (Å²) in [5, 5.41) is 2.71.